The molecule has 0 spiro atoms. The minimum atomic E-state index is -1.43. The van der Waals surface area contributed by atoms with E-state index in [0.717, 1.165) is 10.9 Å². The number of ether oxygens (including phenoxy) is 2. The van der Waals surface area contributed by atoms with Gasteiger partial charge in [0.1, 0.15) is 6.04 Å². The van der Waals surface area contributed by atoms with Crippen molar-refractivity contribution in [2.75, 3.05) is 26.4 Å². The summed E-state index contributed by atoms with van der Waals surface area (Å²) in [5.41, 5.74) is 3.43. The Hall–Kier alpha value is -3.81. The lowest BCUT2D eigenvalue weighted by atomic mass is 10.1. The number of para-hydroxylation sites is 1. The average molecular weight is 548 g/mol. The number of hydrogen-bond donors (Lipinski definition) is 4. The molecule has 1 unspecified atom stereocenters. The van der Waals surface area contributed by atoms with Gasteiger partial charge in [0.25, 0.3) is 0 Å². The quantitative estimate of drug-likeness (QED) is 0.180. The Kier molecular flexibility index (Phi) is 13.1. The van der Waals surface area contributed by atoms with E-state index < -0.39 is 55.2 Å². The van der Waals surface area contributed by atoms with Gasteiger partial charge in [0.05, 0.1) is 18.0 Å². The van der Waals surface area contributed by atoms with E-state index in [1.54, 1.807) is 40.0 Å². The molecular formula is C26H37N5O8. The van der Waals surface area contributed by atoms with Crippen molar-refractivity contribution in [1.82, 2.24) is 26.0 Å². The van der Waals surface area contributed by atoms with Crippen LogP contribution in [0.2, 0.25) is 0 Å². The maximum atomic E-state index is 13.9. The Labute approximate surface area is 227 Å². The normalized spacial score (nSPS) is 12.5. The van der Waals surface area contributed by atoms with Crippen LogP contribution in [0.4, 0.5) is 4.79 Å². The van der Waals surface area contributed by atoms with Crippen molar-refractivity contribution in [3.8, 4) is 0 Å². The molecule has 2 aromatic rings. The number of aromatic nitrogens is 1. The van der Waals surface area contributed by atoms with Crippen LogP contribution >= 0.6 is 0 Å². The fourth-order valence-corrected chi connectivity index (χ4v) is 3.88. The second kappa shape index (κ2) is 16.2. The summed E-state index contributed by atoms with van der Waals surface area (Å²) < 4.78 is 11.5. The van der Waals surface area contributed by atoms with E-state index in [0.29, 0.717) is 25.3 Å². The molecule has 1 aromatic heterocycles. The summed E-state index contributed by atoms with van der Waals surface area (Å²) in [5, 5.41) is 15.2. The van der Waals surface area contributed by atoms with Crippen LogP contribution in [-0.2, 0) is 35.2 Å². The predicted octanol–water partition coefficient (Wildman–Crippen LogP) is 1.56. The van der Waals surface area contributed by atoms with Crippen LogP contribution in [0.1, 0.15) is 39.7 Å². The molecular weight excluding hydrogens is 510 g/mol. The highest BCUT2D eigenvalue weighted by Crippen LogP contribution is 2.22. The molecule has 13 heteroatoms. The van der Waals surface area contributed by atoms with E-state index in [9.17, 15) is 24.3 Å². The number of benzene rings is 1. The molecule has 2 rings (SSSR count). The molecule has 13 nitrogen and oxygen atoms in total. The summed E-state index contributed by atoms with van der Waals surface area (Å²) >= 11 is 0. The highest BCUT2D eigenvalue weighted by molar-refractivity contribution is 5.91. The average Bonchev–Trinajstić information content (AvgIpc) is 2.90. The number of carbonyl (C=O) groups excluding carboxylic acids is 3. The molecule has 4 N–H and O–H groups in total. The van der Waals surface area contributed by atoms with Gasteiger partial charge in [-0.15, -0.1) is 0 Å². The van der Waals surface area contributed by atoms with Crippen molar-refractivity contribution >= 4 is 34.7 Å². The fraction of sp³-hybridized carbons (Fsp3) is 0.500. The lowest BCUT2D eigenvalue weighted by Gasteiger charge is -2.36. The summed E-state index contributed by atoms with van der Waals surface area (Å²) in [5.74, 6) is -2.75. The molecule has 2 atom stereocenters. The molecule has 0 bridgehead atoms. The molecule has 214 valence electrons. The largest absolute Gasteiger partial charge is 0.481 e. The van der Waals surface area contributed by atoms with Gasteiger partial charge in [-0.25, -0.2) is 10.3 Å². The molecule has 0 saturated heterocycles. The molecule has 39 heavy (non-hydrogen) atoms. The minimum Gasteiger partial charge on any atom is -0.481 e. The number of carbonyl (C=O) groups is 4. The molecule has 0 saturated carbocycles. The summed E-state index contributed by atoms with van der Waals surface area (Å²) in [6.45, 7) is 7.42. The topological polar surface area (TPSA) is 168 Å². The van der Waals surface area contributed by atoms with Crippen LogP contribution in [0.5, 0.6) is 0 Å². The van der Waals surface area contributed by atoms with Gasteiger partial charge in [0.15, 0.2) is 12.9 Å². The number of fused-ring (bicyclic) bond motifs is 1. The molecule has 4 amide bonds. The Morgan fingerprint density at radius 3 is 2.38 bits per heavy atom. The van der Waals surface area contributed by atoms with Crippen LogP contribution in [-0.4, -0.2) is 83.5 Å². The highest BCUT2D eigenvalue weighted by atomic mass is 16.7. The zero-order chi connectivity index (χ0) is 28.8. The van der Waals surface area contributed by atoms with Gasteiger partial charge in [-0.1, -0.05) is 24.3 Å². The molecule has 0 radical (unpaired) electrons. The molecule has 1 heterocycles. The number of carboxylic acids is 1. The number of nitrogens with zero attached hydrogens (tertiary/aromatic N) is 2. The maximum Gasteiger partial charge on any atom is 0.338 e. The highest BCUT2D eigenvalue weighted by Gasteiger charge is 2.35. The van der Waals surface area contributed by atoms with E-state index in [1.807, 2.05) is 29.7 Å². The smallest absolute Gasteiger partial charge is 0.338 e. The van der Waals surface area contributed by atoms with Gasteiger partial charge < -0.3 is 30.1 Å². The van der Waals surface area contributed by atoms with Crippen molar-refractivity contribution < 1.29 is 38.6 Å². The standard InChI is InChI=1S/C26H37N5O8/c1-5-27-26(36)30-39-16-21(32)29-20(14-22(33)34)24(35)31(17(4)25(37-6-2)38-7-3)15-19-11-8-10-18-12-9-13-28-23(18)19/h8-13,17,20,25H,5-7,14-16H2,1-4H3,(H,29,32)(H,33,34)(H2,27,30,36)/t17-,20?/m0/s1. The Balaban J connectivity index is 2.35. The Morgan fingerprint density at radius 1 is 1.05 bits per heavy atom. The molecule has 1 aromatic carbocycles. The number of amides is 4. The van der Waals surface area contributed by atoms with Crippen LogP contribution in [0.15, 0.2) is 36.5 Å². The zero-order valence-electron chi connectivity index (χ0n) is 22.6. The van der Waals surface area contributed by atoms with E-state index in [4.69, 9.17) is 14.3 Å². The number of hydroxylamine groups is 1. The van der Waals surface area contributed by atoms with Gasteiger partial charge >= 0.3 is 12.0 Å². The molecule has 0 aliphatic rings. The number of nitrogens with one attached hydrogen (secondary N) is 3. The van der Waals surface area contributed by atoms with Crippen LogP contribution in [0, 0.1) is 0 Å². The first-order chi connectivity index (χ1) is 18.7. The van der Waals surface area contributed by atoms with Gasteiger partial charge in [-0.3, -0.25) is 24.2 Å². The van der Waals surface area contributed by atoms with E-state index in [1.165, 1.54) is 4.90 Å². The second-order valence-electron chi connectivity index (χ2n) is 8.45. The summed E-state index contributed by atoms with van der Waals surface area (Å²) in [4.78, 5) is 60.2. The number of carboxylic acid groups (broad SMARTS) is 1. The van der Waals surface area contributed by atoms with E-state index in [-0.39, 0.29) is 6.54 Å². The second-order valence-corrected chi connectivity index (χ2v) is 8.45. The van der Waals surface area contributed by atoms with Crippen LogP contribution in [0.25, 0.3) is 10.9 Å². The first kappa shape index (κ1) is 31.4. The summed E-state index contributed by atoms with van der Waals surface area (Å²) in [6, 6.07) is 6.51. The number of pyridine rings is 1. The van der Waals surface area contributed by atoms with E-state index in [2.05, 4.69) is 15.6 Å². The summed E-state index contributed by atoms with van der Waals surface area (Å²) in [6.07, 6.45) is 0.157. The van der Waals surface area contributed by atoms with E-state index >= 15 is 0 Å². The maximum absolute atomic E-state index is 13.9. The van der Waals surface area contributed by atoms with Crippen molar-refractivity contribution in [2.24, 2.45) is 0 Å². The van der Waals surface area contributed by atoms with Crippen molar-refractivity contribution in [3.63, 3.8) is 0 Å². The van der Waals surface area contributed by atoms with Gasteiger partial charge in [0, 0.05) is 37.9 Å². The SMILES string of the molecule is CCNC(=O)NOCC(=O)NC(CC(=O)O)C(=O)N(Cc1cccc2cccnc12)[C@@H](C)C(OCC)OCC. The lowest BCUT2D eigenvalue weighted by molar-refractivity contribution is -0.180. The van der Waals surface area contributed by atoms with Gasteiger partial charge in [0.2, 0.25) is 11.8 Å². The molecule has 0 aliphatic heterocycles. The third kappa shape index (κ3) is 9.78. The van der Waals surface area contributed by atoms with Gasteiger partial charge in [-0.05, 0) is 39.3 Å². The van der Waals surface area contributed by atoms with Crippen molar-refractivity contribution in [2.45, 2.75) is 59.0 Å². The Morgan fingerprint density at radius 2 is 1.74 bits per heavy atom. The number of hydrogen-bond acceptors (Lipinski definition) is 8. The minimum absolute atomic E-state index is 0.0479. The lowest BCUT2D eigenvalue weighted by Crippen LogP contribution is -2.55. The molecule has 0 aliphatic carbocycles. The van der Waals surface area contributed by atoms with Crippen LogP contribution in [0.3, 0.4) is 0 Å². The third-order valence-corrected chi connectivity index (χ3v) is 5.60. The number of urea groups is 1. The first-order valence-corrected chi connectivity index (χ1v) is 12.7. The predicted molar refractivity (Wildman–Crippen MR) is 141 cm³/mol. The first-order valence-electron chi connectivity index (χ1n) is 12.7. The van der Waals surface area contributed by atoms with Gasteiger partial charge in [-0.2, -0.15) is 0 Å². The molecule has 0 fully saturated rings. The monoisotopic (exact) mass is 547 g/mol. The zero-order valence-corrected chi connectivity index (χ0v) is 22.6. The Bertz CT molecular complexity index is 1100. The number of aliphatic carboxylic acids is 1. The fourth-order valence-electron chi connectivity index (χ4n) is 3.88. The van der Waals surface area contributed by atoms with Crippen LogP contribution < -0.4 is 16.1 Å². The summed E-state index contributed by atoms with van der Waals surface area (Å²) in [7, 11) is 0. The third-order valence-electron chi connectivity index (χ3n) is 5.60. The van der Waals surface area contributed by atoms with Crippen molar-refractivity contribution in [1.29, 1.82) is 0 Å². The van der Waals surface area contributed by atoms with Crippen molar-refractivity contribution in [3.05, 3.63) is 42.1 Å². The number of rotatable bonds is 16.